The molecule has 3 rings (SSSR count). The average molecular weight is 381 g/mol. The molecule has 1 amide bonds. The SMILES string of the molecule is COc1ccc(C(=O)C2CCN(C(=O)CCc3cccc(OC)c3)CC2)cc1. The number of benzene rings is 2. The van der Waals surface area contributed by atoms with Crippen LogP contribution in [0.25, 0.3) is 0 Å². The van der Waals surface area contributed by atoms with Crippen LogP contribution in [0.3, 0.4) is 0 Å². The van der Waals surface area contributed by atoms with E-state index in [1.54, 1.807) is 14.2 Å². The molecule has 1 heterocycles. The lowest BCUT2D eigenvalue weighted by Gasteiger charge is -2.31. The number of aryl methyl sites for hydroxylation is 1. The molecule has 0 spiro atoms. The van der Waals surface area contributed by atoms with Crippen LogP contribution in [0, 0.1) is 5.92 Å². The van der Waals surface area contributed by atoms with Crippen molar-refractivity contribution in [3.63, 3.8) is 0 Å². The lowest BCUT2D eigenvalue weighted by Crippen LogP contribution is -2.40. The third-order valence-corrected chi connectivity index (χ3v) is 5.35. The molecule has 2 aromatic rings. The van der Waals surface area contributed by atoms with E-state index in [1.807, 2.05) is 53.4 Å². The Morgan fingerprint density at radius 2 is 1.64 bits per heavy atom. The van der Waals surface area contributed by atoms with Crippen LogP contribution < -0.4 is 9.47 Å². The second kappa shape index (κ2) is 9.40. The van der Waals surface area contributed by atoms with E-state index in [-0.39, 0.29) is 17.6 Å². The molecule has 5 heteroatoms. The van der Waals surface area contributed by atoms with Crippen molar-refractivity contribution in [2.45, 2.75) is 25.7 Å². The number of rotatable bonds is 7. The lowest BCUT2D eigenvalue weighted by molar-refractivity contribution is -0.132. The van der Waals surface area contributed by atoms with Crippen LogP contribution in [0.2, 0.25) is 0 Å². The van der Waals surface area contributed by atoms with Gasteiger partial charge in [0.2, 0.25) is 5.91 Å². The number of hydrogen-bond donors (Lipinski definition) is 0. The summed E-state index contributed by atoms with van der Waals surface area (Å²) in [6, 6.07) is 15.1. The maximum atomic E-state index is 12.7. The summed E-state index contributed by atoms with van der Waals surface area (Å²) in [5, 5.41) is 0. The Kier molecular flexibility index (Phi) is 6.69. The van der Waals surface area contributed by atoms with Crippen LogP contribution in [0.5, 0.6) is 11.5 Å². The molecule has 0 atom stereocenters. The van der Waals surface area contributed by atoms with Gasteiger partial charge in [-0.2, -0.15) is 0 Å². The summed E-state index contributed by atoms with van der Waals surface area (Å²) in [4.78, 5) is 27.1. The Balaban J connectivity index is 1.48. The zero-order chi connectivity index (χ0) is 19.9. The largest absolute Gasteiger partial charge is 0.497 e. The minimum absolute atomic E-state index is 0.0178. The molecular weight excluding hydrogens is 354 g/mol. The summed E-state index contributed by atoms with van der Waals surface area (Å²) in [5.74, 6) is 1.84. The average Bonchev–Trinajstić information content (AvgIpc) is 2.77. The van der Waals surface area contributed by atoms with Crippen molar-refractivity contribution < 1.29 is 19.1 Å². The number of carbonyl (C=O) groups is 2. The number of amides is 1. The first-order valence-corrected chi connectivity index (χ1v) is 9.69. The van der Waals surface area contributed by atoms with Crippen LogP contribution in [0.4, 0.5) is 0 Å². The molecule has 1 aliphatic rings. The molecule has 0 aliphatic carbocycles. The van der Waals surface area contributed by atoms with Crippen LogP contribution in [0.1, 0.15) is 35.2 Å². The number of methoxy groups -OCH3 is 2. The molecule has 148 valence electrons. The van der Waals surface area contributed by atoms with E-state index in [0.717, 1.165) is 29.9 Å². The molecule has 1 fully saturated rings. The van der Waals surface area contributed by atoms with Crippen LogP contribution >= 0.6 is 0 Å². The maximum absolute atomic E-state index is 12.7. The predicted octanol–water partition coefficient (Wildman–Crippen LogP) is 3.76. The number of carbonyl (C=O) groups excluding carboxylic acids is 2. The Labute approximate surface area is 166 Å². The summed E-state index contributed by atoms with van der Waals surface area (Å²) in [6.07, 6.45) is 2.61. The van der Waals surface area contributed by atoms with Gasteiger partial charge in [-0.15, -0.1) is 0 Å². The molecule has 0 bridgehead atoms. The minimum Gasteiger partial charge on any atom is -0.497 e. The lowest BCUT2D eigenvalue weighted by atomic mass is 9.88. The summed E-state index contributed by atoms with van der Waals surface area (Å²) in [5.41, 5.74) is 1.81. The topological polar surface area (TPSA) is 55.8 Å². The normalized spacial score (nSPS) is 14.6. The van der Waals surface area contributed by atoms with Crippen molar-refractivity contribution in [1.29, 1.82) is 0 Å². The van der Waals surface area contributed by atoms with Crippen LogP contribution in [-0.2, 0) is 11.2 Å². The highest BCUT2D eigenvalue weighted by Gasteiger charge is 2.27. The molecular formula is C23H27NO4. The van der Waals surface area contributed by atoms with Crippen molar-refractivity contribution in [2.75, 3.05) is 27.3 Å². The highest BCUT2D eigenvalue weighted by molar-refractivity contribution is 5.98. The molecule has 5 nitrogen and oxygen atoms in total. The van der Waals surface area contributed by atoms with Gasteiger partial charge in [0.25, 0.3) is 0 Å². The van der Waals surface area contributed by atoms with Crippen LogP contribution in [0.15, 0.2) is 48.5 Å². The van der Waals surface area contributed by atoms with E-state index >= 15 is 0 Å². The molecule has 1 aliphatic heterocycles. The number of Topliss-reactive ketones (excluding diaryl/α,β-unsaturated/α-hetero) is 1. The number of nitrogens with zero attached hydrogens (tertiary/aromatic N) is 1. The van der Waals surface area contributed by atoms with Gasteiger partial charge in [-0.3, -0.25) is 9.59 Å². The van der Waals surface area contributed by atoms with Crippen molar-refractivity contribution >= 4 is 11.7 Å². The Bertz CT molecular complexity index is 808. The Hall–Kier alpha value is -2.82. The summed E-state index contributed by atoms with van der Waals surface area (Å²) in [6.45, 7) is 1.28. The zero-order valence-electron chi connectivity index (χ0n) is 16.5. The molecule has 0 unspecified atom stereocenters. The minimum atomic E-state index is -0.0178. The first-order valence-electron chi connectivity index (χ1n) is 9.69. The van der Waals surface area contributed by atoms with Crippen molar-refractivity contribution in [3.05, 3.63) is 59.7 Å². The number of likely N-dealkylation sites (tertiary alicyclic amines) is 1. The molecule has 0 radical (unpaired) electrons. The number of hydrogen-bond acceptors (Lipinski definition) is 4. The smallest absolute Gasteiger partial charge is 0.222 e. The van der Waals surface area contributed by atoms with Crippen molar-refractivity contribution in [1.82, 2.24) is 4.90 Å². The first kappa shape index (κ1) is 19.9. The second-order valence-electron chi connectivity index (χ2n) is 7.10. The monoisotopic (exact) mass is 381 g/mol. The molecule has 2 aromatic carbocycles. The van der Waals surface area contributed by atoms with E-state index in [0.29, 0.717) is 31.5 Å². The summed E-state index contributed by atoms with van der Waals surface area (Å²) < 4.78 is 10.4. The third-order valence-electron chi connectivity index (χ3n) is 5.35. The Morgan fingerprint density at radius 3 is 2.29 bits per heavy atom. The van der Waals surface area contributed by atoms with Gasteiger partial charge >= 0.3 is 0 Å². The van der Waals surface area contributed by atoms with E-state index in [4.69, 9.17) is 9.47 Å². The van der Waals surface area contributed by atoms with E-state index in [1.165, 1.54) is 0 Å². The highest BCUT2D eigenvalue weighted by atomic mass is 16.5. The second-order valence-corrected chi connectivity index (χ2v) is 7.10. The molecule has 0 N–H and O–H groups in total. The zero-order valence-corrected chi connectivity index (χ0v) is 16.5. The van der Waals surface area contributed by atoms with E-state index in [2.05, 4.69) is 0 Å². The fraction of sp³-hybridized carbons (Fsp3) is 0.391. The van der Waals surface area contributed by atoms with Crippen LogP contribution in [-0.4, -0.2) is 43.9 Å². The van der Waals surface area contributed by atoms with E-state index in [9.17, 15) is 9.59 Å². The highest BCUT2D eigenvalue weighted by Crippen LogP contribution is 2.24. The maximum Gasteiger partial charge on any atom is 0.222 e. The van der Waals surface area contributed by atoms with Gasteiger partial charge in [0.15, 0.2) is 5.78 Å². The third kappa shape index (κ3) is 4.91. The number of ketones is 1. The predicted molar refractivity (Wildman–Crippen MR) is 108 cm³/mol. The molecule has 0 saturated carbocycles. The molecule has 28 heavy (non-hydrogen) atoms. The molecule has 1 saturated heterocycles. The number of piperidine rings is 1. The summed E-state index contributed by atoms with van der Waals surface area (Å²) in [7, 11) is 3.25. The van der Waals surface area contributed by atoms with Gasteiger partial charge in [-0.05, 0) is 61.2 Å². The van der Waals surface area contributed by atoms with Gasteiger partial charge < -0.3 is 14.4 Å². The fourth-order valence-corrected chi connectivity index (χ4v) is 3.62. The number of ether oxygens (including phenoxy) is 2. The first-order chi connectivity index (χ1) is 13.6. The van der Waals surface area contributed by atoms with E-state index < -0.39 is 0 Å². The van der Waals surface area contributed by atoms with Gasteiger partial charge in [0.05, 0.1) is 14.2 Å². The van der Waals surface area contributed by atoms with Gasteiger partial charge in [-0.25, -0.2) is 0 Å². The summed E-state index contributed by atoms with van der Waals surface area (Å²) >= 11 is 0. The van der Waals surface area contributed by atoms with Gasteiger partial charge in [-0.1, -0.05) is 12.1 Å². The quantitative estimate of drug-likeness (QED) is 0.686. The van der Waals surface area contributed by atoms with Gasteiger partial charge in [0.1, 0.15) is 11.5 Å². The van der Waals surface area contributed by atoms with Crippen molar-refractivity contribution in [3.8, 4) is 11.5 Å². The molecule has 0 aromatic heterocycles. The van der Waals surface area contributed by atoms with Crippen molar-refractivity contribution in [2.24, 2.45) is 5.92 Å². The Morgan fingerprint density at radius 1 is 0.964 bits per heavy atom. The standard InChI is InChI=1S/C23H27NO4/c1-27-20-9-7-18(8-10-20)23(26)19-12-14-24(15-13-19)22(25)11-6-17-4-3-5-21(16-17)28-2/h3-5,7-10,16,19H,6,11-15H2,1-2H3. The van der Waals surface area contributed by atoms with Gasteiger partial charge in [0, 0.05) is 31.0 Å². The fourth-order valence-electron chi connectivity index (χ4n) is 3.62.